The van der Waals surface area contributed by atoms with E-state index in [4.69, 9.17) is 23.2 Å². The zero-order valence-corrected chi connectivity index (χ0v) is 15.5. The number of benzene rings is 3. The molecule has 0 unspecified atom stereocenters. The van der Waals surface area contributed by atoms with E-state index in [0.717, 1.165) is 12.1 Å². The van der Waals surface area contributed by atoms with Crippen LogP contribution in [0.25, 0.3) is 10.8 Å². The Hall–Kier alpha value is -2.49. The zero-order chi connectivity index (χ0) is 17.9. The quantitative estimate of drug-likeness (QED) is 0.443. The maximum absolute atomic E-state index is 6.40. The van der Waals surface area contributed by atoms with Crippen molar-refractivity contribution in [1.82, 2.24) is 9.66 Å². The second-order valence-corrected chi connectivity index (χ2v) is 6.98. The van der Waals surface area contributed by atoms with Crippen LogP contribution in [0.4, 0.5) is 0 Å². The molecular weight excluding hydrogens is 365 g/mol. The molecule has 0 aliphatic rings. The molecular formula is C21H17Cl2N3. The summed E-state index contributed by atoms with van der Waals surface area (Å²) in [5.74, 6) is 0. The summed E-state index contributed by atoms with van der Waals surface area (Å²) in [7, 11) is 0. The van der Waals surface area contributed by atoms with Crippen LogP contribution in [0.3, 0.4) is 0 Å². The Morgan fingerprint density at radius 2 is 1.69 bits per heavy atom. The smallest absolute Gasteiger partial charge is 0.114 e. The normalized spacial score (nSPS) is 11.0. The number of aromatic nitrogens is 2. The van der Waals surface area contributed by atoms with Gasteiger partial charge < -0.3 is 5.01 Å². The number of fused-ring (bicyclic) bond motifs is 1. The van der Waals surface area contributed by atoms with Crippen molar-refractivity contribution < 1.29 is 0 Å². The Balaban J connectivity index is 1.70. The third-order valence-corrected chi connectivity index (χ3v) is 5.00. The van der Waals surface area contributed by atoms with E-state index in [2.05, 4.69) is 52.5 Å². The van der Waals surface area contributed by atoms with Crippen molar-refractivity contribution in [1.29, 1.82) is 0 Å². The topological polar surface area (TPSA) is 21.1 Å². The third kappa shape index (κ3) is 3.55. The SMILES string of the molecule is Clc1ccc(CN(Cc2cccc3ccccc23)n2ccnc2)c(Cl)c1. The standard InChI is InChI=1S/C21H17Cl2N3/c22-19-9-8-18(21(23)12-19)14-26(25-11-10-24-15-25)13-17-6-3-5-16-4-1-2-7-20(16)17/h1-12,15H,13-14H2. The van der Waals surface area contributed by atoms with E-state index in [1.165, 1.54) is 16.3 Å². The van der Waals surface area contributed by atoms with E-state index in [9.17, 15) is 0 Å². The molecule has 0 aliphatic heterocycles. The molecule has 0 saturated heterocycles. The summed E-state index contributed by atoms with van der Waals surface area (Å²) >= 11 is 12.4. The molecule has 26 heavy (non-hydrogen) atoms. The fourth-order valence-corrected chi connectivity index (χ4v) is 3.58. The number of rotatable bonds is 5. The fourth-order valence-electron chi connectivity index (χ4n) is 3.11. The first-order valence-electron chi connectivity index (χ1n) is 8.34. The largest absolute Gasteiger partial charge is 0.303 e. The van der Waals surface area contributed by atoms with E-state index in [0.29, 0.717) is 16.6 Å². The van der Waals surface area contributed by atoms with Gasteiger partial charge in [-0.05, 0) is 34.0 Å². The van der Waals surface area contributed by atoms with Crippen LogP contribution >= 0.6 is 23.2 Å². The average molecular weight is 382 g/mol. The lowest BCUT2D eigenvalue weighted by Crippen LogP contribution is -2.32. The number of imidazole rings is 1. The summed E-state index contributed by atoms with van der Waals surface area (Å²) in [6.07, 6.45) is 5.52. The molecule has 1 heterocycles. The molecule has 3 nitrogen and oxygen atoms in total. The van der Waals surface area contributed by atoms with Crippen molar-refractivity contribution in [2.45, 2.75) is 13.1 Å². The Bertz CT molecular complexity index is 1020. The number of hydrogen-bond donors (Lipinski definition) is 0. The summed E-state index contributed by atoms with van der Waals surface area (Å²) in [6.45, 7) is 1.38. The van der Waals surface area contributed by atoms with Crippen LogP contribution in [-0.4, -0.2) is 9.66 Å². The lowest BCUT2D eigenvalue weighted by Gasteiger charge is -2.26. The van der Waals surface area contributed by atoms with Crippen LogP contribution in [0.2, 0.25) is 10.0 Å². The third-order valence-electron chi connectivity index (χ3n) is 4.42. The minimum absolute atomic E-state index is 0.641. The minimum atomic E-state index is 0.641. The molecule has 1 aromatic heterocycles. The van der Waals surface area contributed by atoms with Gasteiger partial charge >= 0.3 is 0 Å². The Morgan fingerprint density at radius 3 is 2.50 bits per heavy atom. The molecule has 3 aromatic carbocycles. The van der Waals surface area contributed by atoms with Gasteiger partial charge in [0.25, 0.3) is 0 Å². The van der Waals surface area contributed by atoms with Crippen LogP contribution in [0.5, 0.6) is 0 Å². The maximum Gasteiger partial charge on any atom is 0.114 e. The van der Waals surface area contributed by atoms with E-state index in [1.54, 1.807) is 18.6 Å². The second kappa shape index (κ2) is 7.40. The molecule has 0 amide bonds. The zero-order valence-electron chi connectivity index (χ0n) is 14.0. The van der Waals surface area contributed by atoms with E-state index in [-0.39, 0.29) is 0 Å². The van der Waals surface area contributed by atoms with Crippen LogP contribution < -0.4 is 5.01 Å². The summed E-state index contributed by atoms with van der Waals surface area (Å²) in [5.41, 5.74) is 2.27. The number of hydrogen-bond acceptors (Lipinski definition) is 2. The second-order valence-electron chi connectivity index (χ2n) is 6.14. The van der Waals surface area contributed by atoms with Crippen LogP contribution in [0.15, 0.2) is 79.4 Å². The highest BCUT2D eigenvalue weighted by Crippen LogP contribution is 2.24. The van der Waals surface area contributed by atoms with Gasteiger partial charge in [-0.15, -0.1) is 0 Å². The summed E-state index contributed by atoms with van der Waals surface area (Å²) in [5, 5.41) is 5.99. The number of nitrogens with zero attached hydrogens (tertiary/aromatic N) is 3. The van der Waals surface area contributed by atoms with Crippen LogP contribution in [0, 0.1) is 0 Å². The summed E-state index contributed by atoms with van der Waals surface area (Å²) in [4.78, 5) is 4.19. The fraction of sp³-hybridized carbons (Fsp3) is 0.0952. The molecule has 0 radical (unpaired) electrons. The Morgan fingerprint density at radius 1 is 0.885 bits per heavy atom. The van der Waals surface area contributed by atoms with E-state index < -0.39 is 0 Å². The van der Waals surface area contributed by atoms with Crippen molar-refractivity contribution >= 4 is 34.0 Å². The summed E-state index contributed by atoms with van der Waals surface area (Å²) < 4.78 is 1.99. The molecule has 0 atom stereocenters. The van der Waals surface area contributed by atoms with Crippen molar-refractivity contribution in [3.05, 3.63) is 101 Å². The van der Waals surface area contributed by atoms with Gasteiger partial charge in [-0.2, -0.15) is 0 Å². The highest BCUT2D eigenvalue weighted by Gasteiger charge is 2.12. The van der Waals surface area contributed by atoms with E-state index in [1.807, 2.05) is 23.0 Å². The lowest BCUT2D eigenvalue weighted by molar-refractivity contribution is 0.577. The van der Waals surface area contributed by atoms with Crippen LogP contribution in [0.1, 0.15) is 11.1 Å². The van der Waals surface area contributed by atoms with Gasteiger partial charge in [0, 0.05) is 22.4 Å². The number of halogens is 2. The van der Waals surface area contributed by atoms with Crippen molar-refractivity contribution in [3.8, 4) is 0 Å². The molecule has 0 N–H and O–H groups in total. The molecule has 0 fully saturated rings. The van der Waals surface area contributed by atoms with Gasteiger partial charge in [0.05, 0.1) is 13.1 Å². The molecule has 4 rings (SSSR count). The van der Waals surface area contributed by atoms with Crippen molar-refractivity contribution in [2.75, 3.05) is 5.01 Å². The highest BCUT2D eigenvalue weighted by atomic mass is 35.5. The van der Waals surface area contributed by atoms with Crippen molar-refractivity contribution in [3.63, 3.8) is 0 Å². The highest BCUT2D eigenvalue weighted by molar-refractivity contribution is 6.35. The molecule has 0 saturated carbocycles. The van der Waals surface area contributed by atoms with Crippen LogP contribution in [-0.2, 0) is 13.1 Å². The van der Waals surface area contributed by atoms with Gasteiger partial charge in [0.1, 0.15) is 6.33 Å². The average Bonchev–Trinajstić information content (AvgIpc) is 3.18. The van der Waals surface area contributed by atoms with Gasteiger partial charge in [-0.3, -0.25) is 4.68 Å². The van der Waals surface area contributed by atoms with E-state index >= 15 is 0 Å². The lowest BCUT2D eigenvalue weighted by atomic mass is 10.0. The van der Waals surface area contributed by atoms with Crippen molar-refractivity contribution in [2.24, 2.45) is 0 Å². The molecule has 0 bridgehead atoms. The first kappa shape index (κ1) is 17.0. The summed E-state index contributed by atoms with van der Waals surface area (Å²) in [6, 6.07) is 20.4. The molecule has 5 heteroatoms. The van der Waals surface area contributed by atoms with Gasteiger partial charge in [-0.1, -0.05) is 71.7 Å². The van der Waals surface area contributed by atoms with Gasteiger partial charge in [-0.25, -0.2) is 4.98 Å². The molecule has 130 valence electrons. The predicted molar refractivity (Wildman–Crippen MR) is 108 cm³/mol. The first-order valence-corrected chi connectivity index (χ1v) is 9.10. The Kier molecular flexibility index (Phi) is 4.83. The monoisotopic (exact) mass is 381 g/mol. The molecule has 4 aromatic rings. The minimum Gasteiger partial charge on any atom is -0.303 e. The Labute approximate surface area is 162 Å². The van der Waals surface area contributed by atoms with Gasteiger partial charge in [0.15, 0.2) is 0 Å². The maximum atomic E-state index is 6.40. The molecule has 0 aliphatic carbocycles. The first-order chi connectivity index (χ1) is 12.7. The van der Waals surface area contributed by atoms with Gasteiger partial charge in [0.2, 0.25) is 0 Å². The predicted octanol–water partition coefficient (Wildman–Crippen LogP) is 5.68. The molecule has 0 spiro atoms.